The summed E-state index contributed by atoms with van der Waals surface area (Å²) in [5, 5.41) is 6.06. The van der Waals surface area contributed by atoms with Gasteiger partial charge in [0.1, 0.15) is 5.69 Å². The number of carbonyl (C=O) groups excluding carboxylic acids is 1. The van der Waals surface area contributed by atoms with Crippen molar-refractivity contribution >= 4 is 23.2 Å². The minimum absolute atomic E-state index is 0.0723. The van der Waals surface area contributed by atoms with E-state index in [0.29, 0.717) is 11.6 Å². The van der Waals surface area contributed by atoms with E-state index in [2.05, 4.69) is 41.4 Å². The Labute approximate surface area is 166 Å². The summed E-state index contributed by atoms with van der Waals surface area (Å²) in [4.78, 5) is 21.4. The molecule has 0 aliphatic carbocycles. The fraction of sp³-hybridized carbons (Fsp3) is 0.261. The van der Waals surface area contributed by atoms with Crippen LogP contribution >= 0.6 is 0 Å². The van der Waals surface area contributed by atoms with E-state index in [1.807, 2.05) is 62.4 Å². The number of hydrogen-bond acceptors (Lipinski definition) is 4. The number of carbonyl (C=O) groups is 1. The Morgan fingerprint density at radius 3 is 2.07 bits per heavy atom. The van der Waals surface area contributed by atoms with E-state index in [9.17, 15) is 4.79 Å². The van der Waals surface area contributed by atoms with Crippen molar-refractivity contribution < 1.29 is 4.79 Å². The highest BCUT2D eigenvalue weighted by molar-refractivity contribution is 6.03. The van der Waals surface area contributed by atoms with Crippen LogP contribution in [0.4, 0.5) is 17.3 Å². The lowest BCUT2D eigenvalue weighted by Crippen LogP contribution is -2.16. The number of amides is 1. The van der Waals surface area contributed by atoms with Crippen molar-refractivity contribution in [2.24, 2.45) is 0 Å². The molecule has 3 aromatic rings. The molecule has 5 nitrogen and oxygen atoms in total. The van der Waals surface area contributed by atoms with Crippen molar-refractivity contribution in [2.75, 3.05) is 10.6 Å². The van der Waals surface area contributed by atoms with Crippen LogP contribution < -0.4 is 10.6 Å². The van der Waals surface area contributed by atoms with Crippen molar-refractivity contribution in [3.8, 4) is 0 Å². The molecule has 28 heavy (non-hydrogen) atoms. The molecule has 3 rings (SSSR count). The van der Waals surface area contributed by atoms with Gasteiger partial charge in [-0.15, -0.1) is 0 Å². The van der Waals surface area contributed by atoms with Crippen LogP contribution in [0.2, 0.25) is 0 Å². The van der Waals surface area contributed by atoms with E-state index >= 15 is 0 Å². The number of hydrogen-bond donors (Lipinski definition) is 2. The highest BCUT2D eigenvalue weighted by Gasteiger charge is 2.14. The maximum Gasteiger partial charge on any atom is 0.274 e. The number of nitrogens with one attached hydrogen (secondary N) is 2. The van der Waals surface area contributed by atoms with Crippen LogP contribution in [0.3, 0.4) is 0 Å². The van der Waals surface area contributed by atoms with Gasteiger partial charge in [0.15, 0.2) is 0 Å². The van der Waals surface area contributed by atoms with Gasteiger partial charge in [0.05, 0.1) is 0 Å². The SMILES string of the molecule is Cc1ccc(Nc2nc(C)cc(C(=O)Nc3ccc(C(C)(C)C)cc3)n2)cc1. The first-order valence-electron chi connectivity index (χ1n) is 9.32. The largest absolute Gasteiger partial charge is 0.324 e. The summed E-state index contributed by atoms with van der Waals surface area (Å²) in [6.07, 6.45) is 0. The zero-order valence-electron chi connectivity index (χ0n) is 17.0. The summed E-state index contributed by atoms with van der Waals surface area (Å²) < 4.78 is 0. The van der Waals surface area contributed by atoms with Crippen molar-refractivity contribution in [2.45, 2.75) is 40.0 Å². The Bertz CT molecular complexity index is 971. The van der Waals surface area contributed by atoms with E-state index < -0.39 is 0 Å². The second kappa shape index (κ2) is 7.80. The van der Waals surface area contributed by atoms with E-state index in [-0.39, 0.29) is 11.3 Å². The summed E-state index contributed by atoms with van der Waals surface area (Å²) in [6, 6.07) is 17.5. The maximum atomic E-state index is 12.7. The topological polar surface area (TPSA) is 66.9 Å². The molecule has 0 saturated heterocycles. The molecule has 0 spiro atoms. The van der Waals surface area contributed by atoms with Gasteiger partial charge in [-0.2, -0.15) is 0 Å². The number of nitrogens with zero attached hydrogens (tertiary/aromatic N) is 2. The molecule has 0 aliphatic rings. The van der Waals surface area contributed by atoms with Gasteiger partial charge in [-0.3, -0.25) is 4.79 Å². The van der Waals surface area contributed by atoms with Crippen LogP contribution in [0.25, 0.3) is 0 Å². The maximum absolute atomic E-state index is 12.7. The average Bonchev–Trinajstić information content (AvgIpc) is 2.63. The van der Waals surface area contributed by atoms with Crippen molar-refractivity contribution in [3.63, 3.8) is 0 Å². The van der Waals surface area contributed by atoms with Crippen LogP contribution in [0.5, 0.6) is 0 Å². The molecule has 2 aromatic carbocycles. The van der Waals surface area contributed by atoms with Gasteiger partial charge in [-0.1, -0.05) is 50.6 Å². The Morgan fingerprint density at radius 1 is 0.857 bits per heavy atom. The Kier molecular flexibility index (Phi) is 5.45. The first-order valence-corrected chi connectivity index (χ1v) is 9.32. The molecule has 0 bridgehead atoms. The monoisotopic (exact) mass is 374 g/mol. The van der Waals surface area contributed by atoms with Crippen LogP contribution in [0, 0.1) is 13.8 Å². The van der Waals surface area contributed by atoms with Crippen LogP contribution in [0.1, 0.15) is 48.1 Å². The van der Waals surface area contributed by atoms with E-state index in [4.69, 9.17) is 0 Å². The zero-order valence-corrected chi connectivity index (χ0v) is 17.0. The van der Waals surface area contributed by atoms with Crippen LogP contribution in [0.15, 0.2) is 54.6 Å². The first kappa shape index (κ1) is 19.5. The molecule has 0 radical (unpaired) electrons. The third-order valence-corrected chi connectivity index (χ3v) is 4.40. The molecule has 0 aliphatic heterocycles. The Hall–Kier alpha value is -3.21. The van der Waals surface area contributed by atoms with Gasteiger partial charge >= 0.3 is 0 Å². The minimum Gasteiger partial charge on any atom is -0.324 e. The number of aromatic nitrogens is 2. The lowest BCUT2D eigenvalue weighted by atomic mass is 9.87. The standard InChI is InChI=1S/C23H26N4O/c1-15-6-10-19(11-7-15)26-22-24-16(2)14-20(27-22)21(28)25-18-12-8-17(9-13-18)23(3,4)5/h6-14H,1-5H3,(H,25,28)(H,24,26,27). The lowest BCUT2D eigenvalue weighted by molar-refractivity contribution is 0.102. The zero-order chi connectivity index (χ0) is 20.3. The number of anilines is 3. The van der Waals surface area contributed by atoms with Crippen LogP contribution in [-0.4, -0.2) is 15.9 Å². The highest BCUT2D eigenvalue weighted by Crippen LogP contribution is 2.23. The highest BCUT2D eigenvalue weighted by atomic mass is 16.1. The molecule has 5 heteroatoms. The van der Waals surface area contributed by atoms with Crippen molar-refractivity contribution in [1.29, 1.82) is 0 Å². The van der Waals surface area contributed by atoms with E-state index in [0.717, 1.165) is 17.1 Å². The summed E-state index contributed by atoms with van der Waals surface area (Å²) in [5.74, 6) is 0.137. The summed E-state index contributed by atoms with van der Waals surface area (Å²) in [7, 11) is 0. The number of rotatable bonds is 4. The smallest absolute Gasteiger partial charge is 0.274 e. The Morgan fingerprint density at radius 2 is 1.46 bits per heavy atom. The molecule has 0 unspecified atom stereocenters. The second-order valence-electron chi connectivity index (χ2n) is 7.99. The van der Waals surface area contributed by atoms with Gasteiger partial charge in [-0.25, -0.2) is 9.97 Å². The lowest BCUT2D eigenvalue weighted by Gasteiger charge is -2.19. The average molecular weight is 374 g/mol. The number of benzene rings is 2. The van der Waals surface area contributed by atoms with Gasteiger partial charge < -0.3 is 10.6 Å². The molecular formula is C23H26N4O. The van der Waals surface area contributed by atoms with E-state index in [1.54, 1.807) is 6.07 Å². The molecule has 1 aromatic heterocycles. The predicted octanol–water partition coefficient (Wildman–Crippen LogP) is 5.39. The predicted molar refractivity (Wildman–Crippen MR) is 114 cm³/mol. The fourth-order valence-corrected chi connectivity index (χ4v) is 2.76. The normalized spacial score (nSPS) is 11.2. The second-order valence-corrected chi connectivity index (χ2v) is 7.99. The number of aryl methyl sites for hydroxylation is 2. The molecule has 0 saturated carbocycles. The molecular weight excluding hydrogens is 348 g/mol. The van der Waals surface area contributed by atoms with Gasteiger partial charge in [0.2, 0.25) is 5.95 Å². The molecule has 1 amide bonds. The quantitative estimate of drug-likeness (QED) is 0.643. The molecule has 2 N–H and O–H groups in total. The van der Waals surface area contributed by atoms with Crippen molar-refractivity contribution in [3.05, 3.63) is 77.1 Å². The molecule has 1 heterocycles. The summed E-state index contributed by atoms with van der Waals surface area (Å²) in [6.45, 7) is 10.4. The summed E-state index contributed by atoms with van der Waals surface area (Å²) >= 11 is 0. The van der Waals surface area contributed by atoms with Crippen LogP contribution in [-0.2, 0) is 5.41 Å². The van der Waals surface area contributed by atoms with Crippen molar-refractivity contribution in [1.82, 2.24) is 9.97 Å². The van der Waals surface area contributed by atoms with Gasteiger partial charge in [0, 0.05) is 17.1 Å². The first-order chi connectivity index (χ1) is 13.2. The third kappa shape index (κ3) is 4.94. The summed E-state index contributed by atoms with van der Waals surface area (Å²) in [5.41, 5.74) is 5.12. The molecule has 0 fully saturated rings. The molecule has 0 atom stereocenters. The van der Waals surface area contributed by atoms with Gasteiger partial charge in [-0.05, 0) is 55.2 Å². The third-order valence-electron chi connectivity index (χ3n) is 4.40. The van der Waals surface area contributed by atoms with Gasteiger partial charge in [0.25, 0.3) is 5.91 Å². The molecule has 144 valence electrons. The minimum atomic E-state index is -0.263. The van der Waals surface area contributed by atoms with E-state index in [1.165, 1.54) is 11.1 Å². The fourth-order valence-electron chi connectivity index (χ4n) is 2.76. The Balaban J connectivity index is 1.76.